The third kappa shape index (κ3) is 5.67. The third-order valence-electron chi connectivity index (χ3n) is 3.59. The Bertz CT molecular complexity index is 384. The summed E-state index contributed by atoms with van der Waals surface area (Å²) in [6.07, 6.45) is 9.49. The summed E-state index contributed by atoms with van der Waals surface area (Å²) in [4.78, 5) is 11.8. The van der Waals surface area contributed by atoms with Gasteiger partial charge in [0.25, 0.3) is 0 Å². The zero-order valence-corrected chi connectivity index (χ0v) is 13.9. The van der Waals surface area contributed by atoms with E-state index in [1.807, 2.05) is 12.5 Å². The molecule has 0 unspecified atom stereocenters. The van der Waals surface area contributed by atoms with Crippen molar-refractivity contribution in [1.29, 1.82) is 0 Å². The van der Waals surface area contributed by atoms with E-state index in [0.717, 1.165) is 6.29 Å². The molecule has 1 aliphatic rings. The van der Waals surface area contributed by atoms with Gasteiger partial charge in [0.2, 0.25) is 0 Å². The van der Waals surface area contributed by atoms with E-state index in [-0.39, 0.29) is 0 Å². The summed E-state index contributed by atoms with van der Waals surface area (Å²) in [5.41, 5.74) is 1.36. The molecule has 0 atom stereocenters. The van der Waals surface area contributed by atoms with Gasteiger partial charge in [0.1, 0.15) is 6.29 Å². The van der Waals surface area contributed by atoms with E-state index in [4.69, 9.17) is 0 Å². The minimum atomic E-state index is 0.588. The second-order valence-electron chi connectivity index (χ2n) is 5.56. The lowest BCUT2D eigenvalue weighted by Crippen LogP contribution is -2.31. The molecule has 0 bridgehead atoms. The van der Waals surface area contributed by atoms with Crippen LogP contribution >= 0.6 is 11.8 Å². The molecule has 4 nitrogen and oxygen atoms in total. The zero-order valence-electron chi connectivity index (χ0n) is 13.1. The van der Waals surface area contributed by atoms with Crippen LogP contribution in [-0.4, -0.2) is 53.1 Å². The maximum Gasteiger partial charge on any atom is 0.129 e. The van der Waals surface area contributed by atoms with Crippen LogP contribution in [0.3, 0.4) is 0 Å². The van der Waals surface area contributed by atoms with Crippen LogP contribution in [0.1, 0.15) is 44.2 Å². The van der Waals surface area contributed by atoms with Gasteiger partial charge < -0.3 is 9.69 Å². The Morgan fingerprint density at radius 3 is 2.50 bits per heavy atom. The standard InChI is InChI=1S/C12H21N3.C3H6OS/c1-10(2)11-8-13-15(9-11)12-4-6-14(3)7-5-12;1-5-3-2-4/h8-10,12H,4-7H2,1-3H3;2H,3H2,1H3. The van der Waals surface area contributed by atoms with E-state index in [0.29, 0.717) is 17.7 Å². The van der Waals surface area contributed by atoms with Crippen LogP contribution in [0.15, 0.2) is 12.4 Å². The van der Waals surface area contributed by atoms with Crippen LogP contribution in [0.25, 0.3) is 0 Å². The molecule has 0 aromatic carbocycles. The molecule has 0 spiro atoms. The lowest BCUT2D eigenvalue weighted by Gasteiger charge is -2.29. The molecule has 1 aromatic rings. The Balaban J connectivity index is 0.000000347. The number of hydrogen-bond acceptors (Lipinski definition) is 4. The fourth-order valence-corrected chi connectivity index (χ4v) is 2.31. The number of aromatic nitrogens is 2. The Kier molecular flexibility index (Phi) is 7.92. The summed E-state index contributed by atoms with van der Waals surface area (Å²) in [5, 5.41) is 4.48. The van der Waals surface area contributed by atoms with Gasteiger partial charge in [0, 0.05) is 11.9 Å². The summed E-state index contributed by atoms with van der Waals surface area (Å²) in [6, 6.07) is 0.619. The van der Waals surface area contributed by atoms with Gasteiger partial charge in [-0.3, -0.25) is 4.68 Å². The highest BCUT2D eigenvalue weighted by atomic mass is 32.2. The summed E-state index contributed by atoms with van der Waals surface area (Å²) >= 11 is 1.53. The Hall–Kier alpha value is -0.810. The van der Waals surface area contributed by atoms with Crippen molar-refractivity contribution in [3.63, 3.8) is 0 Å². The number of rotatable bonds is 4. The third-order valence-corrected chi connectivity index (χ3v) is 4.05. The Morgan fingerprint density at radius 1 is 1.45 bits per heavy atom. The largest absolute Gasteiger partial charge is 0.306 e. The van der Waals surface area contributed by atoms with Crippen molar-refractivity contribution in [2.75, 3.05) is 32.1 Å². The van der Waals surface area contributed by atoms with E-state index in [1.54, 1.807) is 0 Å². The number of aldehydes is 1. The molecule has 1 aliphatic heterocycles. The van der Waals surface area contributed by atoms with Gasteiger partial charge in [-0.1, -0.05) is 13.8 Å². The number of hydrogen-bond donors (Lipinski definition) is 0. The van der Waals surface area contributed by atoms with Crippen LogP contribution in [0, 0.1) is 0 Å². The molecular formula is C15H27N3OS. The molecule has 0 aliphatic carbocycles. The van der Waals surface area contributed by atoms with Crippen LogP contribution in [0.4, 0.5) is 0 Å². The quantitative estimate of drug-likeness (QED) is 0.801. The number of likely N-dealkylation sites (tertiary alicyclic amines) is 1. The molecule has 2 rings (SSSR count). The highest BCUT2D eigenvalue weighted by Gasteiger charge is 2.19. The number of nitrogens with zero attached hydrogens (tertiary/aromatic N) is 3. The molecule has 1 saturated heterocycles. The molecule has 0 amide bonds. The minimum Gasteiger partial charge on any atom is -0.306 e. The smallest absolute Gasteiger partial charge is 0.129 e. The molecule has 2 heterocycles. The molecular weight excluding hydrogens is 270 g/mol. The molecule has 1 fully saturated rings. The van der Waals surface area contributed by atoms with E-state index in [2.05, 4.69) is 41.8 Å². The Labute approximate surface area is 126 Å². The average Bonchev–Trinajstić information content (AvgIpc) is 2.91. The molecule has 0 N–H and O–H groups in total. The minimum absolute atomic E-state index is 0.588. The fourth-order valence-electron chi connectivity index (χ4n) is 2.18. The number of thioether (sulfide) groups is 1. The molecule has 0 radical (unpaired) electrons. The van der Waals surface area contributed by atoms with E-state index < -0.39 is 0 Å². The maximum atomic E-state index is 9.38. The van der Waals surface area contributed by atoms with Gasteiger partial charge in [0.15, 0.2) is 0 Å². The number of carbonyl (C=O) groups is 1. The SMILES string of the molecule is CC(C)c1cnn(C2CCN(C)CC2)c1.CSCC=O. The Morgan fingerprint density at radius 2 is 2.10 bits per heavy atom. The van der Waals surface area contributed by atoms with Crippen molar-refractivity contribution in [3.8, 4) is 0 Å². The summed E-state index contributed by atoms with van der Waals surface area (Å²) in [5.74, 6) is 1.21. The first-order chi connectivity index (χ1) is 9.58. The summed E-state index contributed by atoms with van der Waals surface area (Å²) < 4.78 is 2.17. The van der Waals surface area contributed by atoms with Crippen LogP contribution in [0.5, 0.6) is 0 Å². The van der Waals surface area contributed by atoms with Crippen molar-refractivity contribution in [1.82, 2.24) is 14.7 Å². The second-order valence-corrected chi connectivity index (χ2v) is 6.48. The monoisotopic (exact) mass is 297 g/mol. The maximum absolute atomic E-state index is 9.38. The topological polar surface area (TPSA) is 38.1 Å². The normalized spacial score (nSPS) is 16.9. The van der Waals surface area contributed by atoms with Gasteiger partial charge in [-0.05, 0) is 50.7 Å². The van der Waals surface area contributed by atoms with Crippen molar-refractivity contribution < 1.29 is 4.79 Å². The predicted molar refractivity (Wildman–Crippen MR) is 86.5 cm³/mol. The fraction of sp³-hybridized carbons (Fsp3) is 0.733. The molecule has 114 valence electrons. The van der Waals surface area contributed by atoms with Crippen LogP contribution in [0.2, 0.25) is 0 Å². The van der Waals surface area contributed by atoms with Crippen molar-refractivity contribution in [3.05, 3.63) is 18.0 Å². The average molecular weight is 297 g/mol. The molecule has 0 saturated carbocycles. The summed E-state index contributed by atoms with van der Waals surface area (Å²) in [6.45, 7) is 6.83. The van der Waals surface area contributed by atoms with Crippen molar-refractivity contribution in [2.45, 2.75) is 38.6 Å². The lowest BCUT2D eigenvalue weighted by atomic mass is 10.1. The lowest BCUT2D eigenvalue weighted by molar-refractivity contribution is -0.105. The van der Waals surface area contributed by atoms with Crippen LogP contribution < -0.4 is 0 Å². The van der Waals surface area contributed by atoms with Crippen molar-refractivity contribution in [2.24, 2.45) is 0 Å². The van der Waals surface area contributed by atoms with Crippen LogP contribution in [-0.2, 0) is 4.79 Å². The molecule has 5 heteroatoms. The first-order valence-corrected chi connectivity index (χ1v) is 8.63. The van der Waals surface area contributed by atoms with E-state index in [1.165, 1.54) is 43.3 Å². The zero-order chi connectivity index (χ0) is 15.0. The molecule has 1 aromatic heterocycles. The number of piperidine rings is 1. The molecule has 20 heavy (non-hydrogen) atoms. The van der Waals surface area contributed by atoms with Gasteiger partial charge in [-0.25, -0.2) is 0 Å². The van der Waals surface area contributed by atoms with Gasteiger partial charge in [0.05, 0.1) is 12.2 Å². The van der Waals surface area contributed by atoms with E-state index in [9.17, 15) is 4.79 Å². The van der Waals surface area contributed by atoms with Gasteiger partial charge >= 0.3 is 0 Å². The first kappa shape index (κ1) is 17.2. The highest BCUT2D eigenvalue weighted by Crippen LogP contribution is 2.22. The van der Waals surface area contributed by atoms with Gasteiger partial charge in [-0.15, -0.1) is 0 Å². The first-order valence-electron chi connectivity index (χ1n) is 7.23. The van der Waals surface area contributed by atoms with Crippen molar-refractivity contribution >= 4 is 18.0 Å². The van der Waals surface area contributed by atoms with Gasteiger partial charge in [-0.2, -0.15) is 16.9 Å². The second kappa shape index (κ2) is 9.19. The predicted octanol–water partition coefficient (Wildman–Crippen LogP) is 2.82. The number of carbonyl (C=O) groups excluding carboxylic acids is 1. The summed E-state index contributed by atoms with van der Waals surface area (Å²) in [7, 11) is 2.19. The van der Waals surface area contributed by atoms with E-state index >= 15 is 0 Å². The highest BCUT2D eigenvalue weighted by molar-refractivity contribution is 7.99.